The summed E-state index contributed by atoms with van der Waals surface area (Å²) >= 11 is 0. The molecule has 0 fully saturated rings. The molecule has 0 bridgehead atoms. The van der Waals surface area contributed by atoms with E-state index in [1.54, 1.807) is 0 Å². The molecule has 116 valence electrons. The molecular formula is C12H20O8. The van der Waals surface area contributed by atoms with Crippen molar-refractivity contribution in [1.82, 2.24) is 0 Å². The Morgan fingerprint density at radius 3 is 1.45 bits per heavy atom. The first-order valence-electron chi connectivity index (χ1n) is 6.15. The van der Waals surface area contributed by atoms with E-state index in [0.29, 0.717) is 12.8 Å². The molecule has 0 unspecified atom stereocenters. The molecule has 4 N–H and O–H groups in total. The summed E-state index contributed by atoms with van der Waals surface area (Å²) in [5, 5.41) is 34.2. The van der Waals surface area contributed by atoms with Gasteiger partial charge in [-0.2, -0.15) is 0 Å². The number of rotatable bonds is 10. The van der Waals surface area contributed by atoms with Gasteiger partial charge in [0, 0.05) is 25.0 Å². The molecule has 0 amide bonds. The van der Waals surface area contributed by atoms with E-state index in [1.165, 1.54) is 0 Å². The number of hydrogen-bond donors (Lipinski definition) is 4. The normalized spacial score (nSPS) is 11.3. The third-order valence-corrected chi connectivity index (χ3v) is 2.06. The summed E-state index contributed by atoms with van der Waals surface area (Å²) in [7, 11) is 0. The quantitative estimate of drug-likeness (QED) is 0.171. The average molecular weight is 292 g/mol. The Bertz CT molecular complexity index is 281. The molecule has 0 aromatic heterocycles. The number of carbonyl (C=O) groups is 2. The first-order valence-corrected chi connectivity index (χ1v) is 6.15. The smallest absolute Gasteiger partial charge is 0.331 e. The van der Waals surface area contributed by atoms with Crippen LogP contribution in [0.15, 0.2) is 12.2 Å². The highest BCUT2D eigenvalue weighted by molar-refractivity contribution is 5.91. The molecule has 8 heteroatoms. The maximum absolute atomic E-state index is 11.1. The van der Waals surface area contributed by atoms with Crippen molar-refractivity contribution >= 4 is 11.9 Å². The maximum Gasteiger partial charge on any atom is 0.331 e. The summed E-state index contributed by atoms with van der Waals surface area (Å²) in [6.45, 7) is 0.0362. The fourth-order valence-corrected chi connectivity index (χ4v) is 1.11. The number of carbonyl (C=O) groups excluding carboxylic acids is 2. The minimum atomic E-state index is -1.43. The van der Waals surface area contributed by atoms with Gasteiger partial charge in [-0.3, -0.25) is 0 Å². The Labute approximate surface area is 116 Å². The second-order valence-electron chi connectivity index (χ2n) is 3.91. The van der Waals surface area contributed by atoms with Gasteiger partial charge in [0.15, 0.2) is 12.6 Å². The van der Waals surface area contributed by atoms with Gasteiger partial charge in [0.25, 0.3) is 0 Å². The first kappa shape index (κ1) is 18.5. The SMILES string of the molecule is O=C(/C=C\C(=O)OCCCC(O)O)OCCCC(O)O. The molecule has 0 radical (unpaired) electrons. The standard InChI is InChI=1S/C12H20O8/c13-9(14)3-1-7-19-11(17)5-6-12(18)20-8-2-4-10(15)16/h5-6,9-10,13-16H,1-4,7-8H2/b6-5-. The van der Waals surface area contributed by atoms with Crippen molar-refractivity contribution in [1.29, 1.82) is 0 Å². The Kier molecular flexibility index (Phi) is 10.5. The summed E-state index contributed by atoms with van der Waals surface area (Å²) in [5.74, 6) is -1.47. The molecule has 0 rings (SSSR count). The van der Waals surface area contributed by atoms with Crippen LogP contribution in [0.2, 0.25) is 0 Å². The second-order valence-corrected chi connectivity index (χ2v) is 3.91. The van der Waals surface area contributed by atoms with Gasteiger partial charge in [-0.1, -0.05) is 0 Å². The zero-order valence-corrected chi connectivity index (χ0v) is 11.0. The van der Waals surface area contributed by atoms with Gasteiger partial charge >= 0.3 is 11.9 Å². The average Bonchev–Trinajstić information content (AvgIpc) is 2.37. The molecule has 0 heterocycles. The molecule has 8 nitrogen and oxygen atoms in total. The molecular weight excluding hydrogens is 272 g/mol. The first-order chi connectivity index (χ1) is 9.41. The van der Waals surface area contributed by atoms with E-state index < -0.39 is 24.5 Å². The Balaban J connectivity index is 3.64. The number of ether oxygens (including phenoxy) is 2. The van der Waals surface area contributed by atoms with Crippen LogP contribution in [0, 0.1) is 0 Å². The van der Waals surface area contributed by atoms with Crippen molar-refractivity contribution < 1.29 is 39.5 Å². The minimum Gasteiger partial charge on any atom is -0.463 e. The predicted octanol–water partition coefficient (Wildman–Crippen LogP) is -1.19. The number of aliphatic hydroxyl groups excluding tert-OH is 2. The van der Waals surface area contributed by atoms with Gasteiger partial charge in [-0.15, -0.1) is 0 Å². The Morgan fingerprint density at radius 1 is 0.800 bits per heavy atom. The highest BCUT2D eigenvalue weighted by Gasteiger charge is 2.03. The molecule has 20 heavy (non-hydrogen) atoms. The largest absolute Gasteiger partial charge is 0.463 e. The van der Waals surface area contributed by atoms with E-state index in [0.717, 1.165) is 12.2 Å². The summed E-state index contributed by atoms with van der Waals surface area (Å²) in [4.78, 5) is 22.2. The molecule has 0 aliphatic carbocycles. The lowest BCUT2D eigenvalue weighted by atomic mass is 10.3. The van der Waals surface area contributed by atoms with Crippen LogP contribution in [0.5, 0.6) is 0 Å². The lowest BCUT2D eigenvalue weighted by molar-refractivity contribution is -0.141. The van der Waals surface area contributed by atoms with Crippen molar-refractivity contribution in [2.45, 2.75) is 38.3 Å². The lowest BCUT2D eigenvalue weighted by Crippen LogP contribution is -2.10. The van der Waals surface area contributed by atoms with Crippen molar-refractivity contribution in [3.63, 3.8) is 0 Å². The molecule has 0 aromatic carbocycles. The van der Waals surface area contributed by atoms with Crippen molar-refractivity contribution in [3.05, 3.63) is 12.2 Å². The highest BCUT2D eigenvalue weighted by atomic mass is 16.5. The molecule has 0 aliphatic heterocycles. The van der Waals surface area contributed by atoms with E-state index in [4.69, 9.17) is 20.4 Å². The minimum absolute atomic E-state index is 0.0181. The summed E-state index contributed by atoms with van der Waals surface area (Å²) in [6.07, 6.45) is -0.285. The van der Waals surface area contributed by atoms with Crippen LogP contribution in [-0.2, 0) is 19.1 Å². The van der Waals surface area contributed by atoms with Gasteiger partial charge in [0.1, 0.15) is 0 Å². The van der Waals surface area contributed by atoms with Crippen LogP contribution in [-0.4, -0.2) is 58.2 Å². The molecule has 0 aliphatic rings. The van der Waals surface area contributed by atoms with E-state index in [2.05, 4.69) is 9.47 Å². The zero-order chi connectivity index (χ0) is 15.4. The van der Waals surface area contributed by atoms with E-state index >= 15 is 0 Å². The van der Waals surface area contributed by atoms with Gasteiger partial charge in [0.2, 0.25) is 0 Å². The highest BCUT2D eigenvalue weighted by Crippen LogP contribution is 1.96. The fraction of sp³-hybridized carbons (Fsp3) is 0.667. The number of aliphatic hydroxyl groups is 4. The van der Waals surface area contributed by atoms with Crippen LogP contribution in [0.1, 0.15) is 25.7 Å². The van der Waals surface area contributed by atoms with Gasteiger partial charge in [-0.05, 0) is 12.8 Å². The van der Waals surface area contributed by atoms with Crippen LogP contribution in [0.25, 0.3) is 0 Å². The van der Waals surface area contributed by atoms with Gasteiger partial charge < -0.3 is 29.9 Å². The molecule has 0 saturated heterocycles. The fourth-order valence-electron chi connectivity index (χ4n) is 1.11. The summed E-state index contributed by atoms with van der Waals surface area (Å²) in [6, 6.07) is 0. The van der Waals surface area contributed by atoms with Crippen molar-refractivity contribution in [2.75, 3.05) is 13.2 Å². The maximum atomic E-state index is 11.1. The number of hydrogen-bond acceptors (Lipinski definition) is 8. The van der Waals surface area contributed by atoms with Crippen LogP contribution in [0.3, 0.4) is 0 Å². The number of esters is 2. The zero-order valence-electron chi connectivity index (χ0n) is 11.0. The topological polar surface area (TPSA) is 134 Å². The third kappa shape index (κ3) is 13.0. The summed E-state index contributed by atoms with van der Waals surface area (Å²) in [5.41, 5.74) is 0. The van der Waals surface area contributed by atoms with E-state index in [-0.39, 0.29) is 26.1 Å². The summed E-state index contributed by atoms with van der Waals surface area (Å²) < 4.78 is 9.36. The third-order valence-electron chi connectivity index (χ3n) is 2.06. The van der Waals surface area contributed by atoms with Crippen LogP contribution >= 0.6 is 0 Å². The molecule has 0 saturated carbocycles. The van der Waals surface area contributed by atoms with Crippen LogP contribution in [0.4, 0.5) is 0 Å². The predicted molar refractivity (Wildman–Crippen MR) is 66.0 cm³/mol. The molecule has 0 spiro atoms. The van der Waals surface area contributed by atoms with E-state index in [9.17, 15) is 9.59 Å². The Morgan fingerprint density at radius 2 is 1.15 bits per heavy atom. The van der Waals surface area contributed by atoms with Crippen LogP contribution < -0.4 is 0 Å². The van der Waals surface area contributed by atoms with Gasteiger partial charge in [-0.25, -0.2) is 9.59 Å². The lowest BCUT2D eigenvalue weighted by Gasteiger charge is -2.04. The Hall–Kier alpha value is -1.48. The second kappa shape index (κ2) is 11.4. The molecule has 0 atom stereocenters. The van der Waals surface area contributed by atoms with Gasteiger partial charge in [0.05, 0.1) is 13.2 Å². The van der Waals surface area contributed by atoms with E-state index in [1.807, 2.05) is 0 Å². The van der Waals surface area contributed by atoms with Crippen molar-refractivity contribution in [3.8, 4) is 0 Å². The monoisotopic (exact) mass is 292 g/mol. The molecule has 0 aromatic rings. The van der Waals surface area contributed by atoms with Crippen molar-refractivity contribution in [2.24, 2.45) is 0 Å².